The Kier molecular flexibility index (Phi) is 5.39. The van der Waals surface area contributed by atoms with E-state index in [9.17, 15) is 9.00 Å². The molecule has 1 saturated heterocycles. The van der Waals surface area contributed by atoms with Crippen LogP contribution in [-0.4, -0.2) is 40.3 Å². The molecule has 1 heterocycles. The smallest absolute Gasteiger partial charge is 0.237 e. The fraction of sp³-hybridized carbons (Fsp3) is 0.929. The standard InChI is InChI=1S/C14H26N2O2S/c1-10(9-19(2)18)15-14(17)13-8-7-11-5-3-4-6-12(11)16-13/h10-13,16H,3-9H2,1-2H3,(H,15,17). The van der Waals surface area contributed by atoms with Crippen LogP contribution in [0.5, 0.6) is 0 Å². The lowest BCUT2D eigenvalue weighted by molar-refractivity contribution is -0.125. The van der Waals surface area contributed by atoms with Gasteiger partial charge in [-0.15, -0.1) is 0 Å². The highest BCUT2D eigenvalue weighted by molar-refractivity contribution is 7.84. The molecule has 0 aromatic carbocycles. The van der Waals surface area contributed by atoms with Crippen LogP contribution in [0.15, 0.2) is 0 Å². The van der Waals surface area contributed by atoms with E-state index in [0.29, 0.717) is 11.8 Å². The molecule has 1 saturated carbocycles. The van der Waals surface area contributed by atoms with E-state index in [-0.39, 0.29) is 18.0 Å². The summed E-state index contributed by atoms with van der Waals surface area (Å²) < 4.78 is 11.1. The van der Waals surface area contributed by atoms with Crippen molar-refractivity contribution in [3.8, 4) is 0 Å². The maximum atomic E-state index is 12.2. The topological polar surface area (TPSA) is 58.2 Å². The first kappa shape index (κ1) is 15.0. The highest BCUT2D eigenvalue weighted by atomic mass is 32.2. The van der Waals surface area contributed by atoms with Crippen molar-refractivity contribution in [1.82, 2.24) is 10.6 Å². The van der Waals surface area contributed by atoms with Crippen LogP contribution in [0.4, 0.5) is 0 Å². The summed E-state index contributed by atoms with van der Waals surface area (Å²) in [4.78, 5) is 12.2. The summed E-state index contributed by atoms with van der Waals surface area (Å²) in [7, 11) is -0.859. The maximum absolute atomic E-state index is 12.2. The summed E-state index contributed by atoms with van der Waals surface area (Å²) >= 11 is 0. The number of fused-ring (bicyclic) bond motifs is 1. The molecule has 0 aromatic heterocycles. The Morgan fingerprint density at radius 3 is 2.79 bits per heavy atom. The quantitative estimate of drug-likeness (QED) is 0.816. The Bertz CT molecular complexity index is 348. The predicted octanol–water partition coefficient (Wildman–Crippen LogP) is 1.18. The zero-order valence-corrected chi connectivity index (χ0v) is 12.8. The first-order chi connectivity index (χ1) is 9.06. The molecule has 0 radical (unpaired) electrons. The molecule has 19 heavy (non-hydrogen) atoms. The minimum Gasteiger partial charge on any atom is -0.351 e. The van der Waals surface area contributed by atoms with Gasteiger partial charge in [-0.2, -0.15) is 0 Å². The third-order valence-corrected chi connectivity index (χ3v) is 5.31. The van der Waals surface area contributed by atoms with E-state index in [1.165, 1.54) is 32.1 Å². The number of nitrogens with one attached hydrogen (secondary N) is 2. The Hall–Kier alpha value is -0.420. The van der Waals surface area contributed by atoms with Crippen LogP contribution in [0, 0.1) is 5.92 Å². The highest BCUT2D eigenvalue weighted by Crippen LogP contribution is 2.32. The molecule has 2 N–H and O–H groups in total. The van der Waals surface area contributed by atoms with Gasteiger partial charge in [0.1, 0.15) is 0 Å². The van der Waals surface area contributed by atoms with E-state index in [2.05, 4.69) is 10.6 Å². The monoisotopic (exact) mass is 286 g/mol. The van der Waals surface area contributed by atoms with Gasteiger partial charge < -0.3 is 10.6 Å². The van der Waals surface area contributed by atoms with Crippen molar-refractivity contribution in [3.05, 3.63) is 0 Å². The number of hydrogen-bond donors (Lipinski definition) is 2. The second-order valence-corrected chi connectivity index (χ2v) is 7.58. The SMILES string of the molecule is CC(CS(C)=O)NC(=O)C1CCC2CCCCC2N1. The van der Waals surface area contributed by atoms with Crippen LogP contribution in [0.2, 0.25) is 0 Å². The summed E-state index contributed by atoms with van der Waals surface area (Å²) in [5.74, 6) is 1.39. The van der Waals surface area contributed by atoms with Gasteiger partial charge in [0.15, 0.2) is 0 Å². The molecule has 2 rings (SSSR count). The summed E-state index contributed by atoms with van der Waals surface area (Å²) in [5, 5.41) is 6.51. The van der Waals surface area contributed by atoms with Crippen LogP contribution in [0.1, 0.15) is 45.4 Å². The molecule has 5 unspecified atom stereocenters. The second kappa shape index (κ2) is 6.84. The van der Waals surface area contributed by atoms with E-state index in [4.69, 9.17) is 0 Å². The molecular weight excluding hydrogens is 260 g/mol. The van der Waals surface area contributed by atoms with Gasteiger partial charge in [-0.25, -0.2) is 0 Å². The van der Waals surface area contributed by atoms with Crippen LogP contribution in [0.3, 0.4) is 0 Å². The predicted molar refractivity (Wildman–Crippen MR) is 78.4 cm³/mol. The number of hydrogen-bond acceptors (Lipinski definition) is 3. The summed E-state index contributed by atoms with van der Waals surface area (Å²) in [6.07, 6.45) is 8.94. The van der Waals surface area contributed by atoms with E-state index in [1.807, 2.05) is 6.92 Å². The van der Waals surface area contributed by atoms with Crippen LogP contribution < -0.4 is 10.6 Å². The number of amides is 1. The van der Waals surface area contributed by atoms with Crippen molar-refractivity contribution in [2.24, 2.45) is 5.92 Å². The average Bonchev–Trinajstić information content (AvgIpc) is 2.37. The van der Waals surface area contributed by atoms with Crippen LogP contribution in [-0.2, 0) is 15.6 Å². The van der Waals surface area contributed by atoms with E-state index < -0.39 is 10.8 Å². The number of piperidine rings is 1. The normalized spacial score (nSPS) is 34.1. The fourth-order valence-corrected chi connectivity index (χ4v) is 4.23. The molecule has 2 fully saturated rings. The van der Waals surface area contributed by atoms with E-state index >= 15 is 0 Å². The van der Waals surface area contributed by atoms with E-state index in [1.54, 1.807) is 6.26 Å². The van der Waals surface area contributed by atoms with E-state index in [0.717, 1.165) is 12.3 Å². The van der Waals surface area contributed by atoms with Crippen molar-refractivity contribution in [2.45, 2.75) is 63.6 Å². The summed E-state index contributed by atoms with van der Waals surface area (Å²) in [6, 6.07) is 0.477. The van der Waals surface area contributed by atoms with Crippen LogP contribution in [0.25, 0.3) is 0 Å². The molecule has 1 amide bonds. The maximum Gasteiger partial charge on any atom is 0.237 e. The largest absolute Gasteiger partial charge is 0.351 e. The van der Waals surface area contributed by atoms with Crippen molar-refractivity contribution in [1.29, 1.82) is 0 Å². The Balaban J connectivity index is 1.81. The molecule has 2 aliphatic rings. The molecule has 5 heteroatoms. The third kappa shape index (κ3) is 4.28. The molecule has 5 atom stereocenters. The van der Waals surface area contributed by atoms with Crippen molar-refractivity contribution < 1.29 is 9.00 Å². The zero-order chi connectivity index (χ0) is 13.8. The minimum absolute atomic E-state index is 0.00999. The van der Waals surface area contributed by atoms with Gasteiger partial charge in [-0.05, 0) is 38.5 Å². The Morgan fingerprint density at radius 2 is 2.05 bits per heavy atom. The zero-order valence-electron chi connectivity index (χ0n) is 12.0. The first-order valence-corrected chi connectivity index (χ1v) is 9.15. The van der Waals surface area contributed by atoms with Crippen molar-refractivity contribution in [2.75, 3.05) is 12.0 Å². The molecule has 0 bridgehead atoms. The van der Waals surface area contributed by atoms with Gasteiger partial charge in [-0.3, -0.25) is 9.00 Å². The molecule has 1 aliphatic heterocycles. The molecule has 0 aromatic rings. The summed E-state index contributed by atoms with van der Waals surface area (Å²) in [6.45, 7) is 1.92. The average molecular weight is 286 g/mol. The van der Waals surface area contributed by atoms with Gasteiger partial charge in [0.25, 0.3) is 0 Å². The molecule has 1 aliphatic carbocycles. The highest BCUT2D eigenvalue weighted by Gasteiger charge is 2.34. The minimum atomic E-state index is -0.859. The lowest BCUT2D eigenvalue weighted by Gasteiger charge is -2.40. The van der Waals surface area contributed by atoms with Gasteiger partial charge in [-0.1, -0.05) is 12.8 Å². The number of rotatable bonds is 4. The van der Waals surface area contributed by atoms with Gasteiger partial charge in [0.2, 0.25) is 5.91 Å². The molecule has 0 spiro atoms. The molecular formula is C14H26N2O2S. The van der Waals surface area contributed by atoms with Gasteiger partial charge >= 0.3 is 0 Å². The lowest BCUT2D eigenvalue weighted by Crippen LogP contribution is -2.56. The Labute approximate surface area is 118 Å². The third-order valence-electron chi connectivity index (χ3n) is 4.34. The number of carbonyl (C=O) groups excluding carboxylic acids is 1. The lowest BCUT2D eigenvalue weighted by atomic mass is 9.77. The Morgan fingerprint density at radius 1 is 1.32 bits per heavy atom. The van der Waals surface area contributed by atoms with Gasteiger partial charge in [0, 0.05) is 34.9 Å². The fourth-order valence-electron chi connectivity index (χ4n) is 3.44. The molecule has 110 valence electrons. The first-order valence-electron chi connectivity index (χ1n) is 7.42. The second-order valence-electron chi connectivity index (χ2n) is 6.10. The number of carbonyl (C=O) groups is 1. The summed E-state index contributed by atoms with van der Waals surface area (Å²) in [5.41, 5.74) is 0. The van der Waals surface area contributed by atoms with Crippen molar-refractivity contribution in [3.63, 3.8) is 0 Å². The molecule has 4 nitrogen and oxygen atoms in total. The van der Waals surface area contributed by atoms with Gasteiger partial charge in [0.05, 0.1) is 6.04 Å². The van der Waals surface area contributed by atoms with Crippen LogP contribution >= 0.6 is 0 Å². The van der Waals surface area contributed by atoms with Crippen molar-refractivity contribution >= 4 is 16.7 Å².